The summed E-state index contributed by atoms with van der Waals surface area (Å²) in [5.74, 6) is 0.277. The molecular formula is C17H20N2OS. The summed E-state index contributed by atoms with van der Waals surface area (Å²) in [7, 11) is 0. The van der Waals surface area contributed by atoms with E-state index in [9.17, 15) is 4.79 Å². The molecule has 2 N–H and O–H groups in total. The zero-order valence-corrected chi connectivity index (χ0v) is 12.8. The highest BCUT2D eigenvalue weighted by Gasteiger charge is 2.31. The van der Waals surface area contributed by atoms with Gasteiger partial charge in [-0.15, -0.1) is 0 Å². The predicted octanol–water partition coefficient (Wildman–Crippen LogP) is 3.41. The zero-order valence-electron chi connectivity index (χ0n) is 11.9. The molecule has 1 heterocycles. The molecule has 1 saturated carbocycles. The first kappa shape index (κ1) is 14.3. The predicted molar refractivity (Wildman–Crippen MR) is 87.3 cm³/mol. The van der Waals surface area contributed by atoms with Crippen LogP contribution in [0.3, 0.4) is 0 Å². The summed E-state index contributed by atoms with van der Waals surface area (Å²) in [5, 5.41) is 4.15. The van der Waals surface area contributed by atoms with Crippen molar-refractivity contribution in [1.29, 1.82) is 0 Å². The Morgan fingerprint density at radius 2 is 2.05 bits per heavy atom. The monoisotopic (exact) mass is 300 g/mol. The van der Waals surface area contributed by atoms with Crippen LogP contribution in [0.1, 0.15) is 24.8 Å². The number of nitrogens with two attached hydrogens (primary N) is 1. The summed E-state index contributed by atoms with van der Waals surface area (Å²) >= 11 is 1.66. The van der Waals surface area contributed by atoms with E-state index in [0.29, 0.717) is 6.54 Å². The van der Waals surface area contributed by atoms with E-state index in [1.54, 1.807) is 11.3 Å². The van der Waals surface area contributed by atoms with Crippen LogP contribution in [0.15, 0.2) is 47.2 Å². The van der Waals surface area contributed by atoms with Gasteiger partial charge in [-0.05, 0) is 53.8 Å². The van der Waals surface area contributed by atoms with E-state index >= 15 is 0 Å². The number of hydrogen-bond donors (Lipinski definition) is 1. The lowest BCUT2D eigenvalue weighted by molar-refractivity contribution is -0.122. The minimum Gasteiger partial charge on any atom is -0.328 e. The van der Waals surface area contributed by atoms with Gasteiger partial charge >= 0.3 is 0 Å². The van der Waals surface area contributed by atoms with E-state index in [1.807, 2.05) is 35.2 Å². The number of carbonyl (C=O) groups excluding carboxylic acids is 1. The summed E-state index contributed by atoms with van der Waals surface area (Å²) in [4.78, 5) is 14.8. The minimum absolute atomic E-state index is 0.0684. The van der Waals surface area contributed by atoms with Crippen molar-refractivity contribution in [3.63, 3.8) is 0 Å². The van der Waals surface area contributed by atoms with E-state index in [0.717, 1.165) is 24.9 Å². The highest BCUT2D eigenvalue weighted by atomic mass is 32.1. The lowest BCUT2D eigenvalue weighted by atomic mass is 10.1. The number of rotatable bonds is 4. The Bertz CT molecular complexity index is 582. The molecule has 0 aliphatic heterocycles. The van der Waals surface area contributed by atoms with Crippen LogP contribution < -0.4 is 10.6 Å². The van der Waals surface area contributed by atoms with Gasteiger partial charge in [-0.3, -0.25) is 4.79 Å². The highest BCUT2D eigenvalue weighted by Crippen LogP contribution is 2.29. The third kappa shape index (κ3) is 3.34. The Hall–Kier alpha value is -1.65. The van der Waals surface area contributed by atoms with Gasteiger partial charge in [0.1, 0.15) is 0 Å². The van der Waals surface area contributed by atoms with Gasteiger partial charge in [0.05, 0.1) is 6.54 Å². The van der Waals surface area contributed by atoms with Crippen LogP contribution in [0.2, 0.25) is 0 Å². The maximum atomic E-state index is 12.9. The SMILES string of the molecule is NC1CCC(C(=O)N(Cc2ccsc2)c2ccccc2)C1. The summed E-state index contributed by atoms with van der Waals surface area (Å²) in [6.45, 7) is 0.637. The summed E-state index contributed by atoms with van der Waals surface area (Å²) < 4.78 is 0. The number of thiophene rings is 1. The van der Waals surface area contributed by atoms with E-state index < -0.39 is 0 Å². The standard InChI is InChI=1S/C17H20N2OS/c18-15-7-6-14(10-15)17(20)19(11-13-8-9-21-12-13)16-4-2-1-3-5-16/h1-5,8-9,12,14-15H,6-7,10-11,18H2. The summed E-state index contributed by atoms with van der Waals surface area (Å²) in [6, 6.07) is 12.2. The second-order valence-corrected chi connectivity index (χ2v) is 6.44. The summed E-state index contributed by atoms with van der Waals surface area (Å²) in [5.41, 5.74) is 8.12. The normalized spacial score (nSPS) is 21.4. The molecule has 4 heteroatoms. The molecule has 2 atom stereocenters. The van der Waals surface area contributed by atoms with Gasteiger partial charge < -0.3 is 10.6 Å². The van der Waals surface area contributed by atoms with Crippen LogP contribution in [0, 0.1) is 5.92 Å². The number of carbonyl (C=O) groups is 1. The fourth-order valence-corrected chi connectivity index (χ4v) is 3.59. The molecule has 21 heavy (non-hydrogen) atoms. The molecule has 2 unspecified atom stereocenters. The molecule has 1 amide bonds. The van der Waals surface area contributed by atoms with Gasteiger partial charge in [0, 0.05) is 17.6 Å². The molecule has 1 aliphatic rings. The highest BCUT2D eigenvalue weighted by molar-refractivity contribution is 7.07. The molecule has 1 fully saturated rings. The second kappa shape index (κ2) is 6.41. The van der Waals surface area contributed by atoms with E-state index in [1.165, 1.54) is 5.56 Å². The van der Waals surface area contributed by atoms with Crippen LogP contribution >= 0.6 is 11.3 Å². The average Bonchev–Trinajstić information content (AvgIpc) is 3.16. The second-order valence-electron chi connectivity index (χ2n) is 5.66. The molecule has 1 aromatic heterocycles. The smallest absolute Gasteiger partial charge is 0.230 e. The van der Waals surface area contributed by atoms with E-state index in [2.05, 4.69) is 16.8 Å². The first-order valence-corrected chi connectivity index (χ1v) is 8.31. The van der Waals surface area contributed by atoms with Gasteiger partial charge in [0.2, 0.25) is 5.91 Å². The topological polar surface area (TPSA) is 46.3 Å². The minimum atomic E-state index is 0.0684. The average molecular weight is 300 g/mol. The Labute approximate surface area is 129 Å². The number of para-hydroxylation sites is 1. The summed E-state index contributed by atoms with van der Waals surface area (Å²) in [6.07, 6.45) is 2.68. The molecule has 0 saturated heterocycles. The van der Waals surface area contributed by atoms with Gasteiger partial charge in [0.15, 0.2) is 0 Å². The van der Waals surface area contributed by atoms with Crippen LogP contribution in [-0.4, -0.2) is 11.9 Å². The molecule has 3 rings (SSSR count). The Morgan fingerprint density at radius 1 is 1.24 bits per heavy atom. The van der Waals surface area contributed by atoms with E-state index in [4.69, 9.17) is 5.73 Å². The fourth-order valence-electron chi connectivity index (χ4n) is 2.93. The molecule has 110 valence electrons. The van der Waals surface area contributed by atoms with Crippen LogP contribution in [0.25, 0.3) is 0 Å². The first-order chi connectivity index (χ1) is 10.2. The van der Waals surface area contributed by atoms with Gasteiger partial charge in [-0.1, -0.05) is 18.2 Å². The van der Waals surface area contributed by atoms with Crippen molar-refractivity contribution in [1.82, 2.24) is 0 Å². The van der Waals surface area contributed by atoms with Gasteiger partial charge in [0.25, 0.3) is 0 Å². The Morgan fingerprint density at radius 3 is 2.67 bits per heavy atom. The lowest BCUT2D eigenvalue weighted by Gasteiger charge is -2.25. The molecule has 0 radical (unpaired) electrons. The van der Waals surface area contributed by atoms with Crippen molar-refractivity contribution < 1.29 is 4.79 Å². The number of anilines is 1. The Balaban J connectivity index is 1.83. The van der Waals surface area contributed by atoms with Crippen molar-refractivity contribution in [2.75, 3.05) is 4.90 Å². The molecule has 2 aromatic rings. The maximum Gasteiger partial charge on any atom is 0.230 e. The number of benzene rings is 1. The van der Waals surface area contributed by atoms with Crippen molar-refractivity contribution >= 4 is 22.9 Å². The largest absolute Gasteiger partial charge is 0.328 e. The molecule has 0 bridgehead atoms. The first-order valence-electron chi connectivity index (χ1n) is 7.37. The lowest BCUT2D eigenvalue weighted by Crippen LogP contribution is -2.35. The van der Waals surface area contributed by atoms with Crippen molar-refractivity contribution in [2.24, 2.45) is 11.7 Å². The van der Waals surface area contributed by atoms with E-state index in [-0.39, 0.29) is 17.9 Å². The number of amides is 1. The quantitative estimate of drug-likeness (QED) is 0.940. The maximum absolute atomic E-state index is 12.9. The van der Waals surface area contributed by atoms with Crippen molar-refractivity contribution in [3.8, 4) is 0 Å². The van der Waals surface area contributed by atoms with Crippen molar-refractivity contribution in [2.45, 2.75) is 31.8 Å². The van der Waals surface area contributed by atoms with Crippen LogP contribution in [0.5, 0.6) is 0 Å². The third-order valence-corrected chi connectivity index (χ3v) is 4.81. The fraction of sp³-hybridized carbons (Fsp3) is 0.353. The molecule has 3 nitrogen and oxygen atoms in total. The molecule has 1 aliphatic carbocycles. The van der Waals surface area contributed by atoms with Crippen LogP contribution in [-0.2, 0) is 11.3 Å². The molecular weight excluding hydrogens is 280 g/mol. The van der Waals surface area contributed by atoms with Crippen LogP contribution in [0.4, 0.5) is 5.69 Å². The zero-order chi connectivity index (χ0) is 14.7. The van der Waals surface area contributed by atoms with Crippen molar-refractivity contribution in [3.05, 3.63) is 52.7 Å². The Kier molecular flexibility index (Phi) is 4.36. The third-order valence-electron chi connectivity index (χ3n) is 4.08. The number of nitrogens with zero attached hydrogens (tertiary/aromatic N) is 1. The molecule has 1 aromatic carbocycles. The van der Waals surface area contributed by atoms with Gasteiger partial charge in [-0.2, -0.15) is 11.3 Å². The van der Waals surface area contributed by atoms with Gasteiger partial charge in [-0.25, -0.2) is 0 Å². The number of hydrogen-bond acceptors (Lipinski definition) is 3. The molecule has 0 spiro atoms.